The summed E-state index contributed by atoms with van der Waals surface area (Å²) in [7, 11) is 0. The molecule has 79 valence electrons. The van der Waals surface area contributed by atoms with Crippen molar-refractivity contribution in [2.75, 3.05) is 19.8 Å². The minimum atomic E-state index is -1.03. The van der Waals surface area contributed by atoms with Gasteiger partial charge in [0.25, 0.3) is 0 Å². The van der Waals surface area contributed by atoms with Crippen molar-refractivity contribution in [3.05, 3.63) is 0 Å². The standard InChI is InChI=1S/C9H21GeO3/c11-7-1-4-10(5-2-8-12)6-3-9-13/h11-13H,1-9H2. The number of rotatable bonds is 9. The molecule has 3 N–H and O–H groups in total. The number of hydrogen-bond acceptors (Lipinski definition) is 3. The van der Waals surface area contributed by atoms with E-state index in [1.54, 1.807) is 0 Å². The van der Waals surface area contributed by atoms with Crippen LogP contribution in [0.4, 0.5) is 0 Å². The molecule has 0 rings (SSSR count). The Labute approximate surface area is 84.9 Å². The van der Waals surface area contributed by atoms with Gasteiger partial charge in [0.05, 0.1) is 0 Å². The fourth-order valence-corrected chi connectivity index (χ4v) is 7.08. The van der Waals surface area contributed by atoms with Crippen molar-refractivity contribution >= 4 is 14.3 Å². The molecule has 0 unspecified atom stereocenters. The molecule has 0 aliphatic heterocycles. The topological polar surface area (TPSA) is 60.7 Å². The Morgan fingerprint density at radius 3 is 1.15 bits per heavy atom. The Balaban J connectivity index is 3.47. The molecule has 0 aromatic rings. The molecule has 1 radical (unpaired) electrons. The molecule has 0 aromatic carbocycles. The Morgan fingerprint density at radius 1 is 0.615 bits per heavy atom. The third kappa shape index (κ3) is 8.74. The van der Waals surface area contributed by atoms with E-state index in [1.165, 1.54) is 15.8 Å². The van der Waals surface area contributed by atoms with Crippen LogP contribution in [0, 0.1) is 0 Å². The summed E-state index contributed by atoms with van der Waals surface area (Å²) in [5.74, 6) is 0. The van der Waals surface area contributed by atoms with E-state index in [0.717, 1.165) is 19.3 Å². The molecule has 4 heteroatoms. The van der Waals surface area contributed by atoms with Crippen LogP contribution >= 0.6 is 0 Å². The van der Waals surface area contributed by atoms with Gasteiger partial charge < -0.3 is 0 Å². The first-order valence-electron chi connectivity index (χ1n) is 5.01. The van der Waals surface area contributed by atoms with Gasteiger partial charge in [-0.1, -0.05) is 0 Å². The molecule has 0 amide bonds. The third-order valence-electron chi connectivity index (χ3n) is 2.07. The van der Waals surface area contributed by atoms with Gasteiger partial charge in [-0.05, 0) is 0 Å². The Hall–Kier alpha value is 0.423. The molecule has 3 nitrogen and oxygen atoms in total. The number of hydrogen-bond donors (Lipinski definition) is 3. The summed E-state index contributed by atoms with van der Waals surface area (Å²) < 4.78 is 0. The second-order valence-electron chi connectivity index (χ2n) is 3.23. The van der Waals surface area contributed by atoms with Gasteiger partial charge in [0.1, 0.15) is 0 Å². The predicted molar refractivity (Wildman–Crippen MR) is 55.3 cm³/mol. The molecular weight excluding hydrogens is 229 g/mol. The van der Waals surface area contributed by atoms with Gasteiger partial charge in [0, 0.05) is 0 Å². The van der Waals surface area contributed by atoms with Gasteiger partial charge in [0.2, 0.25) is 0 Å². The molecule has 13 heavy (non-hydrogen) atoms. The van der Waals surface area contributed by atoms with Gasteiger partial charge in [-0.3, -0.25) is 0 Å². The quantitative estimate of drug-likeness (QED) is 0.526. The zero-order chi connectivity index (χ0) is 9.94. The zero-order valence-corrected chi connectivity index (χ0v) is 10.3. The second kappa shape index (κ2) is 10.5. The molecule has 0 fully saturated rings. The first-order chi connectivity index (χ1) is 6.35. The van der Waals surface area contributed by atoms with Crippen molar-refractivity contribution in [1.29, 1.82) is 0 Å². The molecule has 0 saturated heterocycles. The van der Waals surface area contributed by atoms with Crippen molar-refractivity contribution in [3.63, 3.8) is 0 Å². The van der Waals surface area contributed by atoms with Gasteiger partial charge in [-0.25, -0.2) is 0 Å². The van der Waals surface area contributed by atoms with Crippen LogP contribution in [0.1, 0.15) is 19.3 Å². The summed E-state index contributed by atoms with van der Waals surface area (Å²) >= 11 is -1.03. The summed E-state index contributed by atoms with van der Waals surface area (Å²) in [4.78, 5) is 0. The predicted octanol–water partition coefficient (Wildman–Crippen LogP) is 0.628. The molecule has 0 spiro atoms. The van der Waals surface area contributed by atoms with Gasteiger partial charge in [-0.15, -0.1) is 0 Å². The normalized spacial score (nSPS) is 11.1. The van der Waals surface area contributed by atoms with Gasteiger partial charge in [0.15, 0.2) is 0 Å². The molecule has 0 aliphatic carbocycles. The minimum absolute atomic E-state index is 0.286. The third-order valence-corrected chi connectivity index (χ3v) is 8.74. The SMILES string of the molecule is OCC[CH2][Ge]([CH2]CCO)[CH2]CCO. The van der Waals surface area contributed by atoms with Crippen LogP contribution in [0.25, 0.3) is 0 Å². The second-order valence-corrected chi connectivity index (χ2v) is 9.53. The molecule has 0 aliphatic rings. The van der Waals surface area contributed by atoms with Crippen molar-refractivity contribution < 1.29 is 15.3 Å². The Bertz CT molecular complexity index is 81.8. The zero-order valence-electron chi connectivity index (χ0n) is 8.21. The van der Waals surface area contributed by atoms with E-state index in [-0.39, 0.29) is 19.8 Å². The van der Waals surface area contributed by atoms with Crippen molar-refractivity contribution in [2.45, 2.75) is 35.0 Å². The fraction of sp³-hybridized carbons (Fsp3) is 1.00. The summed E-state index contributed by atoms with van der Waals surface area (Å²) in [5.41, 5.74) is 0. The number of aliphatic hydroxyl groups excluding tert-OH is 3. The van der Waals surface area contributed by atoms with Crippen molar-refractivity contribution in [3.8, 4) is 0 Å². The van der Waals surface area contributed by atoms with E-state index < -0.39 is 14.3 Å². The fourth-order valence-electron chi connectivity index (χ4n) is 1.36. The van der Waals surface area contributed by atoms with E-state index in [1.807, 2.05) is 0 Å². The molecular formula is C9H21GeO3. The maximum absolute atomic E-state index is 8.69. The van der Waals surface area contributed by atoms with Crippen LogP contribution in [0.5, 0.6) is 0 Å². The van der Waals surface area contributed by atoms with E-state index in [9.17, 15) is 0 Å². The first kappa shape index (κ1) is 13.4. The monoisotopic (exact) mass is 251 g/mol. The van der Waals surface area contributed by atoms with Crippen LogP contribution in [0.15, 0.2) is 0 Å². The summed E-state index contributed by atoms with van der Waals surface area (Å²) in [5, 5.41) is 29.6. The molecule has 0 atom stereocenters. The van der Waals surface area contributed by atoms with E-state index in [4.69, 9.17) is 15.3 Å². The van der Waals surface area contributed by atoms with E-state index in [2.05, 4.69) is 0 Å². The van der Waals surface area contributed by atoms with Crippen LogP contribution in [-0.2, 0) is 0 Å². The Kier molecular flexibility index (Phi) is 10.8. The summed E-state index contributed by atoms with van der Waals surface area (Å²) in [6.07, 6.45) is 2.73. The number of aliphatic hydroxyl groups is 3. The van der Waals surface area contributed by atoms with Crippen LogP contribution in [0.3, 0.4) is 0 Å². The maximum atomic E-state index is 8.69. The van der Waals surface area contributed by atoms with Crippen molar-refractivity contribution in [2.24, 2.45) is 0 Å². The summed E-state index contributed by atoms with van der Waals surface area (Å²) in [6.45, 7) is 0.859. The summed E-state index contributed by atoms with van der Waals surface area (Å²) in [6, 6.07) is 0. The van der Waals surface area contributed by atoms with Crippen LogP contribution in [0.2, 0.25) is 15.8 Å². The van der Waals surface area contributed by atoms with Crippen LogP contribution in [-0.4, -0.2) is 49.5 Å². The van der Waals surface area contributed by atoms with Crippen LogP contribution < -0.4 is 0 Å². The van der Waals surface area contributed by atoms with Gasteiger partial charge in [-0.2, -0.15) is 0 Å². The molecule has 0 aromatic heterocycles. The van der Waals surface area contributed by atoms with Crippen molar-refractivity contribution in [1.82, 2.24) is 0 Å². The molecule has 0 heterocycles. The average molecular weight is 250 g/mol. The van der Waals surface area contributed by atoms with Gasteiger partial charge >= 0.3 is 84.5 Å². The van der Waals surface area contributed by atoms with E-state index >= 15 is 0 Å². The molecule has 0 saturated carbocycles. The first-order valence-corrected chi connectivity index (χ1v) is 9.46. The Morgan fingerprint density at radius 2 is 0.923 bits per heavy atom. The van der Waals surface area contributed by atoms with E-state index in [0.29, 0.717) is 0 Å². The molecule has 0 bridgehead atoms. The average Bonchev–Trinajstić information content (AvgIpc) is 2.17.